The van der Waals surface area contributed by atoms with Gasteiger partial charge in [-0.15, -0.1) is 0 Å². The van der Waals surface area contributed by atoms with Crippen LogP contribution in [0.2, 0.25) is 0 Å². The molecule has 0 bridgehead atoms. The van der Waals surface area contributed by atoms with E-state index in [0.29, 0.717) is 34.5 Å². The fraction of sp³-hybridized carbons (Fsp3) is 0.192. The monoisotopic (exact) mass is 523 g/mol. The molecule has 0 aliphatic carbocycles. The molecular weight excluding hydrogens is 494 g/mol. The minimum absolute atomic E-state index is 0.0145. The number of nitrogen functional groups attached to an aromatic ring is 1. The van der Waals surface area contributed by atoms with Crippen LogP contribution in [0.3, 0.4) is 0 Å². The van der Waals surface area contributed by atoms with Crippen LogP contribution in [0.5, 0.6) is 0 Å². The van der Waals surface area contributed by atoms with Crippen LogP contribution < -0.4 is 21.7 Å². The largest absolute Gasteiger partial charge is 0.330 e. The fourth-order valence-electron chi connectivity index (χ4n) is 3.79. The molecule has 0 fully saturated rings. The highest BCUT2D eigenvalue weighted by Gasteiger charge is 2.23. The molecule has 3 rings (SSSR count). The number of sulfonamides is 1. The second kappa shape index (κ2) is 11.8. The van der Waals surface area contributed by atoms with Crippen molar-refractivity contribution < 1.29 is 22.8 Å². The zero-order valence-corrected chi connectivity index (χ0v) is 21.3. The maximum Gasteiger partial charge on any atom is 0.313 e. The highest BCUT2D eigenvalue weighted by Crippen LogP contribution is 2.27. The molecule has 0 aromatic heterocycles. The standard InChI is InChI=1S/C26H29N5O5S/c1-17(2)15-31(16-18-6-5-7-20(14-18)24(32)30-27)26(34)25(33)29-21-12-10-19(11-13-21)22-8-3-4-9-23(22)37(28,35)36/h3-14,17H,15-16,27H2,1-2H3,(H,29,33)(H,30,32)(H2,28,35,36). The average molecular weight is 524 g/mol. The van der Waals surface area contributed by atoms with Crippen LogP contribution in [0, 0.1) is 5.92 Å². The van der Waals surface area contributed by atoms with Crippen LogP contribution in [-0.2, 0) is 26.2 Å². The summed E-state index contributed by atoms with van der Waals surface area (Å²) in [7, 11) is -3.92. The summed E-state index contributed by atoms with van der Waals surface area (Å²) in [5.41, 5.74) is 4.44. The van der Waals surface area contributed by atoms with Crippen molar-refractivity contribution in [3.8, 4) is 11.1 Å². The molecule has 0 aliphatic heterocycles. The van der Waals surface area contributed by atoms with Gasteiger partial charge in [-0.1, -0.05) is 56.3 Å². The summed E-state index contributed by atoms with van der Waals surface area (Å²) < 4.78 is 23.8. The number of carbonyl (C=O) groups is 3. The van der Waals surface area contributed by atoms with E-state index in [0.717, 1.165) is 0 Å². The van der Waals surface area contributed by atoms with Gasteiger partial charge in [-0.3, -0.25) is 19.8 Å². The molecule has 0 unspecified atom stereocenters. The third-order valence-corrected chi connectivity index (χ3v) is 6.38. The number of nitrogens with one attached hydrogen (secondary N) is 2. The van der Waals surface area contributed by atoms with Gasteiger partial charge in [-0.25, -0.2) is 19.4 Å². The molecule has 37 heavy (non-hydrogen) atoms. The van der Waals surface area contributed by atoms with Gasteiger partial charge in [0.05, 0.1) is 4.90 Å². The van der Waals surface area contributed by atoms with Crippen molar-refractivity contribution in [2.45, 2.75) is 25.3 Å². The minimum Gasteiger partial charge on any atom is -0.330 e. The highest BCUT2D eigenvalue weighted by atomic mass is 32.2. The van der Waals surface area contributed by atoms with Gasteiger partial charge in [-0.2, -0.15) is 0 Å². The molecule has 0 heterocycles. The summed E-state index contributed by atoms with van der Waals surface area (Å²) in [6.07, 6.45) is 0. The lowest BCUT2D eigenvalue weighted by Gasteiger charge is -2.24. The van der Waals surface area contributed by atoms with Crippen LogP contribution in [0.4, 0.5) is 5.69 Å². The lowest BCUT2D eigenvalue weighted by molar-refractivity contribution is -0.143. The molecule has 6 N–H and O–H groups in total. The molecule has 11 heteroatoms. The average Bonchev–Trinajstić information content (AvgIpc) is 2.87. The molecule has 194 valence electrons. The maximum absolute atomic E-state index is 13.0. The Morgan fingerprint density at radius 1 is 0.946 bits per heavy atom. The SMILES string of the molecule is CC(C)CN(Cc1cccc(C(=O)NN)c1)C(=O)C(=O)Nc1ccc(-c2ccccc2S(N)(=O)=O)cc1. The second-order valence-corrected chi connectivity index (χ2v) is 10.4. The van der Waals surface area contributed by atoms with E-state index in [2.05, 4.69) is 10.7 Å². The Morgan fingerprint density at radius 2 is 1.62 bits per heavy atom. The number of primary sulfonamides is 1. The van der Waals surface area contributed by atoms with E-state index >= 15 is 0 Å². The van der Waals surface area contributed by atoms with Crippen molar-refractivity contribution in [3.63, 3.8) is 0 Å². The summed E-state index contributed by atoms with van der Waals surface area (Å²) in [4.78, 5) is 39.1. The first kappa shape index (κ1) is 27.5. The number of benzene rings is 3. The van der Waals surface area contributed by atoms with Gasteiger partial charge < -0.3 is 10.2 Å². The van der Waals surface area contributed by atoms with Crippen LogP contribution in [0.15, 0.2) is 77.7 Å². The molecule has 0 aliphatic rings. The predicted molar refractivity (Wildman–Crippen MR) is 140 cm³/mol. The molecule has 0 saturated carbocycles. The van der Waals surface area contributed by atoms with Crippen molar-refractivity contribution in [2.75, 3.05) is 11.9 Å². The number of nitrogens with two attached hydrogens (primary N) is 2. The van der Waals surface area contributed by atoms with E-state index in [4.69, 9.17) is 11.0 Å². The Bertz CT molecular complexity index is 1400. The van der Waals surface area contributed by atoms with Crippen molar-refractivity contribution in [2.24, 2.45) is 16.9 Å². The quantitative estimate of drug-likeness (QED) is 0.153. The number of carbonyl (C=O) groups excluding carboxylic acids is 3. The number of hydrazine groups is 1. The summed E-state index contributed by atoms with van der Waals surface area (Å²) in [6.45, 7) is 4.30. The van der Waals surface area contributed by atoms with E-state index in [-0.39, 0.29) is 17.4 Å². The first-order valence-corrected chi connectivity index (χ1v) is 13.0. The summed E-state index contributed by atoms with van der Waals surface area (Å²) in [5, 5.41) is 7.91. The summed E-state index contributed by atoms with van der Waals surface area (Å²) >= 11 is 0. The van der Waals surface area contributed by atoms with Gasteiger partial charge in [0.1, 0.15) is 0 Å². The molecular formula is C26H29N5O5S. The molecule has 0 saturated heterocycles. The smallest absolute Gasteiger partial charge is 0.313 e. The lowest BCUT2D eigenvalue weighted by atomic mass is 10.1. The van der Waals surface area contributed by atoms with Crippen molar-refractivity contribution in [1.82, 2.24) is 10.3 Å². The summed E-state index contributed by atoms with van der Waals surface area (Å²) in [5.74, 6) is 3.27. The Kier molecular flexibility index (Phi) is 8.77. The molecule has 0 atom stereocenters. The molecule has 3 amide bonds. The number of amides is 3. The number of rotatable bonds is 8. The van der Waals surface area contributed by atoms with Crippen molar-refractivity contribution >= 4 is 33.4 Å². The fourth-order valence-corrected chi connectivity index (χ4v) is 4.55. The van der Waals surface area contributed by atoms with Crippen LogP contribution >= 0.6 is 0 Å². The summed E-state index contributed by atoms with van der Waals surface area (Å²) in [6, 6.07) is 19.4. The van der Waals surface area contributed by atoms with Crippen molar-refractivity contribution in [1.29, 1.82) is 0 Å². The van der Waals surface area contributed by atoms with E-state index < -0.39 is 27.7 Å². The third-order valence-electron chi connectivity index (χ3n) is 5.41. The Labute approximate surface area is 215 Å². The zero-order valence-electron chi connectivity index (χ0n) is 20.5. The molecule has 10 nitrogen and oxygen atoms in total. The molecule has 3 aromatic carbocycles. The van der Waals surface area contributed by atoms with E-state index in [1.54, 1.807) is 66.7 Å². The van der Waals surface area contributed by atoms with Crippen molar-refractivity contribution in [3.05, 3.63) is 83.9 Å². The first-order chi connectivity index (χ1) is 17.5. The minimum atomic E-state index is -3.92. The highest BCUT2D eigenvalue weighted by molar-refractivity contribution is 7.89. The number of nitrogens with zero attached hydrogens (tertiary/aromatic N) is 1. The van der Waals surface area contributed by atoms with Gasteiger partial charge in [0.15, 0.2) is 0 Å². The molecule has 0 radical (unpaired) electrons. The number of hydrogen-bond acceptors (Lipinski definition) is 6. The second-order valence-electron chi connectivity index (χ2n) is 8.83. The van der Waals surface area contributed by atoms with Crippen LogP contribution in [0.1, 0.15) is 29.8 Å². The van der Waals surface area contributed by atoms with Gasteiger partial charge in [0.25, 0.3) is 5.91 Å². The Hall–Kier alpha value is -4.06. The zero-order chi connectivity index (χ0) is 27.2. The Balaban J connectivity index is 1.76. The van der Waals surface area contributed by atoms with E-state index in [1.807, 2.05) is 13.8 Å². The lowest BCUT2D eigenvalue weighted by Crippen LogP contribution is -2.41. The van der Waals surface area contributed by atoms with Crippen LogP contribution in [0.25, 0.3) is 11.1 Å². The van der Waals surface area contributed by atoms with Gasteiger partial charge in [0, 0.05) is 29.9 Å². The normalized spacial score (nSPS) is 11.2. The van der Waals surface area contributed by atoms with Gasteiger partial charge in [0.2, 0.25) is 10.0 Å². The molecule has 3 aromatic rings. The molecule has 0 spiro atoms. The van der Waals surface area contributed by atoms with Crippen LogP contribution in [-0.4, -0.2) is 37.6 Å². The van der Waals surface area contributed by atoms with E-state index in [1.165, 1.54) is 11.0 Å². The van der Waals surface area contributed by atoms with Gasteiger partial charge in [-0.05, 0) is 47.4 Å². The van der Waals surface area contributed by atoms with E-state index in [9.17, 15) is 22.8 Å². The first-order valence-electron chi connectivity index (χ1n) is 11.4. The third kappa shape index (κ3) is 7.23. The Morgan fingerprint density at radius 3 is 2.24 bits per heavy atom. The van der Waals surface area contributed by atoms with Gasteiger partial charge >= 0.3 is 11.8 Å². The number of hydrogen-bond donors (Lipinski definition) is 4. The predicted octanol–water partition coefficient (Wildman–Crippen LogP) is 2.23. The maximum atomic E-state index is 13.0. The topological polar surface area (TPSA) is 165 Å². The number of anilines is 1.